The maximum Gasteiger partial charge on any atom is 0.434 e. The number of nitrogens with one attached hydrogen (secondary N) is 2. The standard InChI is InChI=1S/C14H12F3N3O/c1-9(21)20-13(19)11(12(18)14(15,16)17)8-7-10-5-3-2-4-6-10/h2-6,18H,19H2,1H3,(H,20,21)/b13-11+,18-12?. The molecule has 1 aromatic rings. The topological polar surface area (TPSA) is 79.0 Å². The second-order valence-electron chi connectivity index (χ2n) is 3.96. The molecule has 0 aliphatic heterocycles. The predicted octanol–water partition coefficient (Wildman–Crippen LogP) is 1.93. The SMILES string of the molecule is CC(=O)N/C(N)=C(\C#Cc1ccccc1)C(=N)C(F)(F)F. The molecular formula is C14H12F3N3O. The molecule has 21 heavy (non-hydrogen) atoms. The van der Waals surface area contributed by atoms with Gasteiger partial charge in [0.25, 0.3) is 0 Å². The van der Waals surface area contributed by atoms with Gasteiger partial charge in [-0.15, -0.1) is 0 Å². The van der Waals surface area contributed by atoms with E-state index in [0.29, 0.717) is 5.56 Å². The second kappa shape index (κ2) is 6.61. The molecule has 0 bridgehead atoms. The van der Waals surface area contributed by atoms with Crippen LogP contribution in [0.4, 0.5) is 13.2 Å². The van der Waals surface area contributed by atoms with Crippen LogP contribution in [0.25, 0.3) is 0 Å². The fourth-order valence-corrected chi connectivity index (χ4v) is 1.31. The summed E-state index contributed by atoms with van der Waals surface area (Å²) in [5.41, 5.74) is 3.36. The molecule has 0 aromatic heterocycles. The number of alkyl halides is 3. The lowest BCUT2D eigenvalue weighted by atomic mass is 10.1. The smallest absolute Gasteiger partial charge is 0.384 e. The van der Waals surface area contributed by atoms with Crippen molar-refractivity contribution in [2.75, 3.05) is 0 Å². The van der Waals surface area contributed by atoms with Crippen molar-refractivity contribution in [2.24, 2.45) is 5.73 Å². The first kappa shape index (κ1) is 16.3. The molecule has 4 N–H and O–H groups in total. The third kappa shape index (κ3) is 5.03. The molecule has 1 rings (SSSR count). The minimum atomic E-state index is -4.91. The van der Waals surface area contributed by atoms with E-state index in [1.165, 1.54) is 0 Å². The minimum absolute atomic E-state index is 0.459. The Labute approximate surface area is 119 Å². The molecule has 0 saturated carbocycles. The predicted molar refractivity (Wildman–Crippen MR) is 72.1 cm³/mol. The number of halogens is 3. The Morgan fingerprint density at radius 1 is 1.29 bits per heavy atom. The largest absolute Gasteiger partial charge is 0.434 e. The van der Waals surface area contributed by atoms with Crippen LogP contribution < -0.4 is 11.1 Å². The van der Waals surface area contributed by atoms with Crippen molar-refractivity contribution in [3.05, 3.63) is 47.3 Å². The van der Waals surface area contributed by atoms with Gasteiger partial charge in [0.15, 0.2) is 5.71 Å². The van der Waals surface area contributed by atoms with Crippen LogP contribution in [-0.2, 0) is 4.79 Å². The molecule has 0 atom stereocenters. The molecule has 0 aliphatic rings. The molecule has 0 fully saturated rings. The number of amides is 1. The average Bonchev–Trinajstić information content (AvgIpc) is 2.38. The van der Waals surface area contributed by atoms with Crippen LogP contribution >= 0.6 is 0 Å². The number of hydrogen-bond donors (Lipinski definition) is 3. The van der Waals surface area contributed by atoms with Crippen LogP contribution in [-0.4, -0.2) is 17.8 Å². The van der Waals surface area contributed by atoms with Crippen molar-refractivity contribution in [3.8, 4) is 11.8 Å². The Kier molecular flexibility index (Phi) is 5.13. The van der Waals surface area contributed by atoms with Crippen molar-refractivity contribution in [1.82, 2.24) is 5.32 Å². The van der Waals surface area contributed by atoms with Gasteiger partial charge in [-0.2, -0.15) is 13.2 Å². The molecule has 0 aliphatic carbocycles. The monoisotopic (exact) mass is 295 g/mol. The minimum Gasteiger partial charge on any atom is -0.384 e. The number of rotatable bonds is 2. The molecule has 0 saturated heterocycles. The van der Waals surface area contributed by atoms with Crippen molar-refractivity contribution in [1.29, 1.82) is 5.41 Å². The van der Waals surface area contributed by atoms with Gasteiger partial charge < -0.3 is 11.1 Å². The van der Waals surface area contributed by atoms with Crippen molar-refractivity contribution in [3.63, 3.8) is 0 Å². The Bertz CT molecular complexity index is 637. The van der Waals surface area contributed by atoms with E-state index < -0.39 is 29.2 Å². The zero-order chi connectivity index (χ0) is 16.0. The van der Waals surface area contributed by atoms with E-state index in [2.05, 4.69) is 11.8 Å². The van der Waals surface area contributed by atoms with Crippen LogP contribution in [0.2, 0.25) is 0 Å². The lowest BCUT2D eigenvalue weighted by Crippen LogP contribution is -2.32. The van der Waals surface area contributed by atoms with Crippen molar-refractivity contribution < 1.29 is 18.0 Å². The fourth-order valence-electron chi connectivity index (χ4n) is 1.31. The van der Waals surface area contributed by atoms with E-state index in [-0.39, 0.29) is 0 Å². The molecule has 7 heteroatoms. The van der Waals surface area contributed by atoms with Gasteiger partial charge in [-0.05, 0) is 12.1 Å². The summed E-state index contributed by atoms with van der Waals surface area (Å²) in [5, 5.41) is 9.13. The zero-order valence-electron chi connectivity index (χ0n) is 11.0. The van der Waals surface area contributed by atoms with Gasteiger partial charge in [0.1, 0.15) is 5.82 Å². The van der Waals surface area contributed by atoms with E-state index in [0.717, 1.165) is 6.92 Å². The molecule has 0 unspecified atom stereocenters. The number of benzene rings is 1. The van der Waals surface area contributed by atoms with E-state index in [1.54, 1.807) is 30.3 Å². The summed E-state index contributed by atoms with van der Waals surface area (Å²) in [7, 11) is 0. The molecule has 0 spiro atoms. The van der Waals surface area contributed by atoms with E-state index in [9.17, 15) is 18.0 Å². The Balaban J connectivity index is 3.25. The number of carbonyl (C=O) groups excluding carboxylic acids is 1. The van der Waals surface area contributed by atoms with Gasteiger partial charge in [0, 0.05) is 12.5 Å². The highest BCUT2D eigenvalue weighted by Gasteiger charge is 2.37. The van der Waals surface area contributed by atoms with Crippen molar-refractivity contribution >= 4 is 11.6 Å². The highest BCUT2D eigenvalue weighted by molar-refractivity contribution is 6.06. The zero-order valence-corrected chi connectivity index (χ0v) is 11.0. The molecule has 0 heterocycles. The molecule has 0 radical (unpaired) electrons. The second-order valence-corrected chi connectivity index (χ2v) is 3.96. The van der Waals surface area contributed by atoms with Crippen molar-refractivity contribution in [2.45, 2.75) is 13.1 Å². The van der Waals surface area contributed by atoms with Gasteiger partial charge in [-0.3, -0.25) is 10.2 Å². The maximum atomic E-state index is 12.6. The molecule has 4 nitrogen and oxygen atoms in total. The molecule has 1 amide bonds. The Morgan fingerprint density at radius 3 is 2.33 bits per heavy atom. The third-order valence-electron chi connectivity index (χ3n) is 2.22. The normalized spacial score (nSPS) is 11.8. The third-order valence-corrected chi connectivity index (χ3v) is 2.22. The maximum absolute atomic E-state index is 12.6. The summed E-state index contributed by atoms with van der Waals surface area (Å²) in [4.78, 5) is 10.9. The van der Waals surface area contributed by atoms with Crippen LogP contribution in [0.5, 0.6) is 0 Å². The Morgan fingerprint density at radius 2 is 1.86 bits per heavy atom. The highest BCUT2D eigenvalue weighted by atomic mass is 19.4. The Hall–Kier alpha value is -2.75. The average molecular weight is 295 g/mol. The fraction of sp³-hybridized carbons (Fsp3) is 0.143. The number of nitrogens with two attached hydrogens (primary N) is 1. The van der Waals surface area contributed by atoms with Gasteiger partial charge in [0.05, 0.1) is 5.57 Å². The lowest BCUT2D eigenvalue weighted by molar-refractivity contribution is -0.118. The number of carbonyl (C=O) groups is 1. The van der Waals surface area contributed by atoms with Crippen LogP contribution in [0, 0.1) is 17.3 Å². The summed E-state index contributed by atoms with van der Waals surface area (Å²) in [6.07, 6.45) is -4.91. The lowest BCUT2D eigenvalue weighted by Gasteiger charge is -2.11. The quantitative estimate of drug-likeness (QED) is 0.576. The van der Waals surface area contributed by atoms with Crippen LogP contribution in [0.15, 0.2) is 41.7 Å². The molecule has 110 valence electrons. The van der Waals surface area contributed by atoms with E-state index in [1.807, 2.05) is 5.32 Å². The van der Waals surface area contributed by atoms with Crippen LogP contribution in [0.3, 0.4) is 0 Å². The summed E-state index contributed by atoms with van der Waals surface area (Å²) in [5.74, 6) is 3.41. The number of hydrogen-bond acceptors (Lipinski definition) is 3. The summed E-state index contributed by atoms with van der Waals surface area (Å²) < 4.78 is 37.9. The van der Waals surface area contributed by atoms with Gasteiger partial charge in [-0.25, -0.2) is 0 Å². The van der Waals surface area contributed by atoms with Gasteiger partial charge in [0.2, 0.25) is 5.91 Å². The van der Waals surface area contributed by atoms with Gasteiger partial charge in [-0.1, -0.05) is 30.0 Å². The summed E-state index contributed by atoms with van der Waals surface area (Å²) in [6, 6.07) is 8.25. The first-order valence-electron chi connectivity index (χ1n) is 5.72. The highest BCUT2D eigenvalue weighted by Crippen LogP contribution is 2.21. The first-order chi connectivity index (χ1) is 9.71. The van der Waals surface area contributed by atoms with Gasteiger partial charge >= 0.3 is 6.18 Å². The summed E-state index contributed by atoms with van der Waals surface area (Å²) >= 11 is 0. The van der Waals surface area contributed by atoms with E-state index in [4.69, 9.17) is 11.1 Å². The first-order valence-corrected chi connectivity index (χ1v) is 5.72. The molecule has 1 aromatic carbocycles. The molecular weight excluding hydrogens is 283 g/mol. The summed E-state index contributed by atoms with van der Waals surface area (Å²) in [6.45, 7) is 1.09. The number of allylic oxidation sites excluding steroid dienone is 1. The van der Waals surface area contributed by atoms with E-state index >= 15 is 0 Å². The van der Waals surface area contributed by atoms with Crippen LogP contribution in [0.1, 0.15) is 12.5 Å².